The second-order valence-electron chi connectivity index (χ2n) is 5.66. The smallest absolute Gasteiger partial charge is 0.306 e. The molecule has 5 nitrogen and oxygen atoms in total. The van der Waals surface area contributed by atoms with Gasteiger partial charge in [-0.3, -0.25) is 14.5 Å². The minimum Gasteiger partial charge on any atom is -0.481 e. The lowest BCUT2D eigenvalue weighted by atomic mass is 9.86. The summed E-state index contributed by atoms with van der Waals surface area (Å²) in [5.74, 6) is -0.436. The maximum atomic E-state index is 11.8. The third-order valence-electron chi connectivity index (χ3n) is 3.65. The van der Waals surface area contributed by atoms with Crippen molar-refractivity contribution in [2.24, 2.45) is 17.8 Å². The number of carbonyl (C=O) groups excluding carboxylic acids is 1. The highest BCUT2D eigenvalue weighted by Gasteiger charge is 2.38. The Hall–Kier alpha value is -1.10. The molecule has 0 saturated carbocycles. The summed E-state index contributed by atoms with van der Waals surface area (Å²) in [6.45, 7) is 9.79. The van der Waals surface area contributed by atoms with Gasteiger partial charge in [0.25, 0.3) is 0 Å². The molecule has 1 heterocycles. The molecule has 0 bridgehead atoms. The van der Waals surface area contributed by atoms with E-state index in [4.69, 9.17) is 5.11 Å². The number of rotatable bonds is 6. The van der Waals surface area contributed by atoms with E-state index >= 15 is 0 Å². The largest absolute Gasteiger partial charge is 0.481 e. The topological polar surface area (TPSA) is 69.6 Å². The lowest BCUT2D eigenvalue weighted by Crippen LogP contribution is -2.58. The van der Waals surface area contributed by atoms with E-state index in [2.05, 4.69) is 19.2 Å². The maximum Gasteiger partial charge on any atom is 0.306 e. The van der Waals surface area contributed by atoms with Crippen molar-refractivity contribution in [3.8, 4) is 0 Å². The average Bonchev–Trinajstić information content (AvgIpc) is 2.23. The molecule has 0 aromatic heterocycles. The Labute approximate surface area is 109 Å². The van der Waals surface area contributed by atoms with E-state index in [1.165, 1.54) is 0 Å². The molecule has 0 spiro atoms. The van der Waals surface area contributed by atoms with E-state index in [1.807, 2.05) is 11.8 Å². The van der Waals surface area contributed by atoms with Crippen molar-refractivity contribution in [1.82, 2.24) is 10.2 Å². The van der Waals surface area contributed by atoms with Crippen molar-refractivity contribution in [2.45, 2.75) is 33.7 Å². The number of carboxylic acids is 1. The fourth-order valence-corrected chi connectivity index (χ4v) is 2.00. The van der Waals surface area contributed by atoms with Crippen LogP contribution in [0.2, 0.25) is 0 Å². The molecule has 0 aromatic carbocycles. The summed E-state index contributed by atoms with van der Waals surface area (Å²) in [6.07, 6.45) is 0. The van der Waals surface area contributed by atoms with Crippen LogP contribution in [0.25, 0.3) is 0 Å². The summed E-state index contributed by atoms with van der Waals surface area (Å²) in [5, 5.41) is 11.8. The number of hydrogen-bond acceptors (Lipinski definition) is 3. The number of carboxylic acid groups (broad SMARTS) is 1. The number of amides is 1. The number of aliphatic carboxylic acids is 1. The zero-order valence-electron chi connectivity index (χ0n) is 11.6. The predicted molar refractivity (Wildman–Crippen MR) is 69.2 cm³/mol. The summed E-state index contributed by atoms with van der Waals surface area (Å²) in [7, 11) is 0. The number of nitrogens with one attached hydrogen (secondary N) is 1. The SMILES string of the molecule is CC(C)CNC(=O)C(C)N1CC(C(C)C(=O)O)C1. The van der Waals surface area contributed by atoms with Crippen molar-refractivity contribution in [3.63, 3.8) is 0 Å². The Kier molecular flexibility index (Phi) is 5.14. The van der Waals surface area contributed by atoms with E-state index in [9.17, 15) is 9.59 Å². The normalized spacial score (nSPS) is 20.3. The van der Waals surface area contributed by atoms with Crippen LogP contribution in [0.3, 0.4) is 0 Å². The van der Waals surface area contributed by atoms with Crippen molar-refractivity contribution in [1.29, 1.82) is 0 Å². The van der Waals surface area contributed by atoms with Crippen LogP contribution >= 0.6 is 0 Å². The zero-order chi connectivity index (χ0) is 13.9. The number of likely N-dealkylation sites (tertiary alicyclic amines) is 1. The molecular weight excluding hydrogens is 232 g/mol. The molecule has 104 valence electrons. The van der Waals surface area contributed by atoms with Gasteiger partial charge in [-0.25, -0.2) is 0 Å². The molecular formula is C13H24N2O3. The van der Waals surface area contributed by atoms with Gasteiger partial charge in [-0.1, -0.05) is 20.8 Å². The average molecular weight is 256 g/mol. The number of nitrogens with zero attached hydrogens (tertiary/aromatic N) is 1. The first-order valence-electron chi connectivity index (χ1n) is 6.57. The lowest BCUT2D eigenvalue weighted by Gasteiger charge is -2.44. The van der Waals surface area contributed by atoms with Crippen molar-refractivity contribution in [2.75, 3.05) is 19.6 Å². The van der Waals surface area contributed by atoms with Crippen molar-refractivity contribution < 1.29 is 14.7 Å². The monoisotopic (exact) mass is 256 g/mol. The summed E-state index contributed by atoms with van der Waals surface area (Å²) < 4.78 is 0. The van der Waals surface area contributed by atoms with Gasteiger partial charge in [0.05, 0.1) is 12.0 Å². The number of hydrogen-bond donors (Lipinski definition) is 2. The van der Waals surface area contributed by atoms with Crippen LogP contribution in [0.1, 0.15) is 27.7 Å². The maximum absolute atomic E-state index is 11.8. The van der Waals surface area contributed by atoms with Crippen molar-refractivity contribution in [3.05, 3.63) is 0 Å². The van der Waals surface area contributed by atoms with Crippen LogP contribution in [0, 0.1) is 17.8 Å². The van der Waals surface area contributed by atoms with E-state index in [1.54, 1.807) is 6.92 Å². The number of carbonyl (C=O) groups is 2. The van der Waals surface area contributed by atoms with Gasteiger partial charge >= 0.3 is 5.97 Å². The zero-order valence-corrected chi connectivity index (χ0v) is 11.6. The second kappa shape index (κ2) is 6.18. The fraction of sp³-hybridized carbons (Fsp3) is 0.846. The molecule has 2 N–H and O–H groups in total. The van der Waals surface area contributed by atoms with E-state index < -0.39 is 5.97 Å². The Morgan fingerprint density at radius 1 is 1.28 bits per heavy atom. The van der Waals surface area contributed by atoms with Gasteiger partial charge in [-0.05, 0) is 18.8 Å². The third kappa shape index (κ3) is 3.70. The molecule has 1 aliphatic heterocycles. The van der Waals surface area contributed by atoms with Gasteiger partial charge in [0, 0.05) is 19.6 Å². The van der Waals surface area contributed by atoms with E-state index in [0.29, 0.717) is 25.6 Å². The highest BCUT2D eigenvalue weighted by atomic mass is 16.4. The van der Waals surface area contributed by atoms with Crippen LogP contribution in [-0.2, 0) is 9.59 Å². The molecule has 1 fully saturated rings. The fourth-order valence-electron chi connectivity index (χ4n) is 2.00. The summed E-state index contributed by atoms with van der Waals surface area (Å²) in [4.78, 5) is 24.7. The van der Waals surface area contributed by atoms with Crippen LogP contribution in [0.5, 0.6) is 0 Å². The van der Waals surface area contributed by atoms with Crippen LogP contribution in [-0.4, -0.2) is 47.6 Å². The van der Waals surface area contributed by atoms with Crippen LogP contribution in [0.4, 0.5) is 0 Å². The first-order chi connectivity index (χ1) is 8.32. The Morgan fingerprint density at radius 2 is 1.83 bits per heavy atom. The van der Waals surface area contributed by atoms with E-state index in [0.717, 1.165) is 0 Å². The predicted octanol–water partition coefficient (Wildman–Crippen LogP) is 0.800. The minimum atomic E-state index is -0.753. The molecule has 5 heteroatoms. The molecule has 2 unspecified atom stereocenters. The summed E-state index contributed by atoms with van der Waals surface area (Å²) in [5.41, 5.74) is 0. The molecule has 0 aliphatic carbocycles. The third-order valence-corrected chi connectivity index (χ3v) is 3.65. The van der Waals surface area contributed by atoms with Gasteiger partial charge in [-0.2, -0.15) is 0 Å². The van der Waals surface area contributed by atoms with Crippen LogP contribution < -0.4 is 5.32 Å². The molecule has 1 rings (SSSR count). The molecule has 0 aromatic rings. The molecule has 1 aliphatic rings. The first kappa shape index (κ1) is 15.0. The van der Waals surface area contributed by atoms with Gasteiger partial charge in [0.1, 0.15) is 0 Å². The Bertz CT molecular complexity index is 311. The summed E-state index contributed by atoms with van der Waals surface area (Å²) >= 11 is 0. The standard InChI is InChI=1S/C13H24N2O3/c1-8(2)5-14-12(16)10(4)15-6-11(7-15)9(3)13(17)18/h8-11H,5-7H2,1-4H3,(H,14,16)(H,17,18). The lowest BCUT2D eigenvalue weighted by molar-refractivity contribution is -0.146. The highest BCUT2D eigenvalue weighted by molar-refractivity contribution is 5.81. The molecule has 1 amide bonds. The first-order valence-corrected chi connectivity index (χ1v) is 6.57. The van der Waals surface area contributed by atoms with Crippen LogP contribution in [0.15, 0.2) is 0 Å². The summed E-state index contributed by atoms with van der Waals surface area (Å²) in [6, 6.07) is -0.166. The molecule has 18 heavy (non-hydrogen) atoms. The molecule has 0 radical (unpaired) electrons. The van der Waals surface area contributed by atoms with Gasteiger partial charge in [0.2, 0.25) is 5.91 Å². The minimum absolute atomic E-state index is 0.0325. The Balaban J connectivity index is 2.32. The van der Waals surface area contributed by atoms with Gasteiger partial charge < -0.3 is 10.4 Å². The second-order valence-corrected chi connectivity index (χ2v) is 5.66. The van der Waals surface area contributed by atoms with Gasteiger partial charge in [-0.15, -0.1) is 0 Å². The quantitative estimate of drug-likeness (QED) is 0.737. The van der Waals surface area contributed by atoms with E-state index in [-0.39, 0.29) is 23.8 Å². The molecule has 1 saturated heterocycles. The molecule has 2 atom stereocenters. The Morgan fingerprint density at radius 3 is 2.28 bits per heavy atom. The highest BCUT2D eigenvalue weighted by Crippen LogP contribution is 2.25. The van der Waals surface area contributed by atoms with Crippen molar-refractivity contribution >= 4 is 11.9 Å². The van der Waals surface area contributed by atoms with Gasteiger partial charge in [0.15, 0.2) is 0 Å².